The van der Waals surface area contributed by atoms with E-state index in [1.54, 1.807) is 12.1 Å². The Kier molecular flexibility index (Phi) is 40.2. The molecule has 0 amide bonds. The quantitative estimate of drug-likeness (QED) is 0.0340. The monoisotopic (exact) mass is 1150 g/mol. The summed E-state index contributed by atoms with van der Waals surface area (Å²) in [6.07, 6.45) is 1.53. The number of hydrogen-bond donors (Lipinski definition) is 3. The second kappa shape index (κ2) is 36.5. The zero-order valence-corrected chi connectivity index (χ0v) is 46.7. The third kappa shape index (κ3) is 32.2. The molecule has 2 heterocycles. The van der Waals surface area contributed by atoms with Gasteiger partial charge in [0.15, 0.2) is 0 Å². The molecule has 4 rings (SSSR count). The summed E-state index contributed by atoms with van der Waals surface area (Å²) in [5, 5.41) is 9.04. The maximum atomic E-state index is 11.4. The molecule has 2 aromatic carbocycles. The Labute approximate surface area is 415 Å². The molecule has 0 saturated heterocycles. The van der Waals surface area contributed by atoms with E-state index >= 15 is 0 Å². The number of pyridine rings is 2. The average Bonchev–Trinajstić information content (AvgIpc) is 3.10. The van der Waals surface area contributed by atoms with Crippen LogP contribution in [0.3, 0.4) is 0 Å². The molecule has 64 heavy (non-hydrogen) atoms. The van der Waals surface area contributed by atoms with Crippen LogP contribution in [0.4, 0.5) is 0 Å². The Morgan fingerprint density at radius 2 is 0.844 bits per heavy atom. The van der Waals surface area contributed by atoms with E-state index in [1.807, 2.05) is 88.4 Å². The van der Waals surface area contributed by atoms with E-state index < -0.39 is 42.0 Å². The van der Waals surface area contributed by atoms with E-state index in [1.165, 1.54) is 25.1 Å². The van der Waals surface area contributed by atoms with Gasteiger partial charge in [-0.15, -0.1) is 0 Å². The summed E-state index contributed by atoms with van der Waals surface area (Å²) in [6.45, 7) is 30.9. The van der Waals surface area contributed by atoms with Crippen LogP contribution in [0.1, 0.15) is 92.0 Å². The molecule has 0 unspecified atom stereocenters. The van der Waals surface area contributed by atoms with Crippen LogP contribution in [0.2, 0.25) is 0 Å². The van der Waals surface area contributed by atoms with Gasteiger partial charge < -0.3 is 17.3 Å². The minimum atomic E-state index is -4.12. The number of hydrogen-bond acceptors (Lipinski definition) is 9. The number of carbonyl (C=O) groups is 2. The molecule has 0 aliphatic heterocycles. The first-order chi connectivity index (χ1) is 28.1. The van der Waals surface area contributed by atoms with Crippen LogP contribution in [0.25, 0.3) is 0 Å². The van der Waals surface area contributed by atoms with Gasteiger partial charge in [-0.05, 0) is 132 Å². The number of aromatic nitrogens is 2. The fourth-order valence-corrected chi connectivity index (χ4v) is 15.1. The molecule has 0 bridgehead atoms. The maximum absolute atomic E-state index is 11.4. The first kappa shape index (κ1) is 70.4. The van der Waals surface area contributed by atoms with Gasteiger partial charge in [-0.25, -0.2) is 0 Å². The molecular weight excluding hydrogens is 1080 g/mol. The van der Waals surface area contributed by atoms with Crippen molar-refractivity contribution < 1.29 is 86.2 Å². The zero-order valence-electron chi connectivity index (χ0n) is 39.9. The van der Waals surface area contributed by atoms with Crippen LogP contribution in [0, 0.1) is 35.1 Å². The number of nitrogens with zero attached hydrogens (tertiary/aromatic N) is 2. The van der Waals surface area contributed by atoms with Crippen molar-refractivity contribution in [2.75, 3.05) is 6.61 Å². The first-order valence-corrected chi connectivity index (χ1v) is 25.9. The fraction of sp³-hybridized carbons (Fsp3) is 0.413. The normalized spacial score (nSPS) is 10.3. The molecule has 12 nitrogen and oxygen atoms in total. The molecule has 0 fully saturated rings. The Morgan fingerprint density at radius 3 is 1.00 bits per heavy atom. The summed E-state index contributed by atoms with van der Waals surface area (Å²) >= 11 is 0. The van der Waals surface area contributed by atoms with Crippen LogP contribution in [-0.2, 0) is 75.4 Å². The number of ether oxygens (including phenoxy) is 1. The standard InChI is InChI=1S/2C12H19O3PS.2C7H9N.C5H8O2.C2H4O2.CH3.2Pd/c2*1-9(2)16(10(3)4)11-7-5-6-8-12(11)17(13,14)15;2*1-6-4-3-5-7(2)8-6;1-3-4-7-5(2)6;1-2(3)4;;;/h2*5-10H,1-4H3,(H,13,14,15);2*3-5H,1-2H3;3H,1,4H2,2H3;1H3,(H,3,4);1H3;;/q;;;;;;-1;;/p+2. The van der Waals surface area contributed by atoms with Gasteiger partial charge in [0.05, 0.1) is 22.6 Å². The summed E-state index contributed by atoms with van der Waals surface area (Å²) in [5.41, 5.74) is 6.03. The van der Waals surface area contributed by atoms with Crippen molar-refractivity contribution in [2.45, 2.75) is 129 Å². The summed E-state index contributed by atoms with van der Waals surface area (Å²) in [4.78, 5) is 27.4. The van der Waals surface area contributed by atoms with Crippen molar-refractivity contribution in [3.63, 3.8) is 0 Å². The number of carbonyl (C=O) groups excluding carboxylic acids is 1. The molecule has 0 saturated carbocycles. The Balaban J connectivity index is -0.000000229. The number of aryl methyl sites for hydroxylation is 4. The Morgan fingerprint density at radius 1 is 0.594 bits per heavy atom. The van der Waals surface area contributed by atoms with Crippen LogP contribution in [-0.4, -0.2) is 82.2 Å². The minimum Gasteiger partial charge on any atom is -0.481 e. The third-order valence-electron chi connectivity index (χ3n) is 7.90. The van der Waals surface area contributed by atoms with E-state index in [-0.39, 0.29) is 64.0 Å². The molecule has 368 valence electrons. The number of carboxylic acid groups (broad SMARTS) is 1. The van der Waals surface area contributed by atoms with E-state index in [4.69, 9.17) is 9.90 Å². The molecule has 2 aromatic heterocycles. The van der Waals surface area contributed by atoms with Gasteiger partial charge in [0.2, 0.25) is 0 Å². The van der Waals surface area contributed by atoms with Crippen LogP contribution < -0.4 is 10.6 Å². The number of aliphatic carboxylic acids is 1. The SMILES string of the molecule is C=CCOC(C)=O.CC(=O)O.CC(C)[PH+](c1ccccc1S(=O)(=O)O)C(C)C.CC(C)[PH+](c1ccccc1S(=O)(=O)O)C(C)C.Cc1cccc(C)n1.Cc1cccc(C)n1.[CH3-].[Pd].[Pd]. The van der Waals surface area contributed by atoms with E-state index in [2.05, 4.69) is 76.7 Å². The Hall–Kier alpha value is -2.58. The van der Waals surface area contributed by atoms with Gasteiger partial charge in [-0.1, -0.05) is 49.1 Å². The predicted octanol–water partition coefficient (Wildman–Crippen LogP) is 9.85. The van der Waals surface area contributed by atoms with Crippen LogP contribution in [0.15, 0.2) is 107 Å². The molecule has 0 aliphatic rings. The topological polar surface area (TPSA) is 198 Å². The molecule has 0 atom stereocenters. The second-order valence-corrected chi connectivity index (χ2v) is 25.2. The van der Waals surface area contributed by atoms with Crippen molar-refractivity contribution >= 4 is 58.6 Å². The van der Waals surface area contributed by atoms with Gasteiger partial charge in [0.1, 0.15) is 27.0 Å². The summed E-state index contributed by atoms with van der Waals surface area (Å²) < 4.78 is 68.5. The molecule has 4 aromatic rings. The predicted molar refractivity (Wildman–Crippen MR) is 263 cm³/mol. The molecular formula is C46H73N2O10P2Pd2S2+. The molecule has 0 aliphatic carbocycles. The number of esters is 1. The first-order valence-electron chi connectivity index (χ1n) is 19.7. The summed E-state index contributed by atoms with van der Waals surface area (Å²) in [5.74, 6) is -1.10. The van der Waals surface area contributed by atoms with Gasteiger partial charge in [-0.2, -0.15) is 16.8 Å². The van der Waals surface area contributed by atoms with Gasteiger partial charge in [-0.3, -0.25) is 28.7 Å². The summed E-state index contributed by atoms with van der Waals surface area (Å²) in [6, 6.07) is 25.6. The Bertz CT molecular complexity index is 1970. The zero-order chi connectivity index (χ0) is 47.7. The molecule has 0 spiro atoms. The van der Waals surface area contributed by atoms with Gasteiger partial charge in [0, 0.05) is 93.3 Å². The molecule has 3 N–H and O–H groups in total. The van der Waals surface area contributed by atoms with E-state index in [9.17, 15) is 30.7 Å². The largest absolute Gasteiger partial charge is 0.481 e. The van der Waals surface area contributed by atoms with E-state index in [0.717, 1.165) is 40.3 Å². The number of carboxylic acids is 1. The van der Waals surface area contributed by atoms with Crippen molar-refractivity contribution in [1.29, 1.82) is 0 Å². The van der Waals surface area contributed by atoms with Crippen molar-refractivity contribution in [3.8, 4) is 0 Å². The maximum Gasteiger partial charge on any atom is 0.302 e. The van der Waals surface area contributed by atoms with Crippen molar-refractivity contribution in [3.05, 3.63) is 128 Å². The van der Waals surface area contributed by atoms with E-state index in [0.29, 0.717) is 29.2 Å². The van der Waals surface area contributed by atoms with Crippen molar-refractivity contribution in [2.24, 2.45) is 0 Å². The smallest absolute Gasteiger partial charge is 0.302 e. The van der Waals surface area contributed by atoms with Gasteiger partial charge >= 0.3 is 5.97 Å². The van der Waals surface area contributed by atoms with Crippen molar-refractivity contribution in [1.82, 2.24) is 9.97 Å². The van der Waals surface area contributed by atoms with Crippen LogP contribution in [0.5, 0.6) is 0 Å². The second-order valence-electron chi connectivity index (χ2n) is 14.9. The third-order valence-corrected chi connectivity index (χ3v) is 17.2. The number of rotatable bonds is 10. The number of benzene rings is 2. The molecule has 18 heteroatoms. The average molecular weight is 1150 g/mol. The minimum absolute atomic E-state index is 0. The fourth-order valence-electron chi connectivity index (χ4n) is 5.97. The van der Waals surface area contributed by atoms with Crippen LogP contribution >= 0.6 is 15.8 Å². The van der Waals surface area contributed by atoms with Gasteiger partial charge in [0.25, 0.3) is 26.2 Å². The summed E-state index contributed by atoms with van der Waals surface area (Å²) in [7, 11) is -10.3. The molecule has 0 radical (unpaired) electrons.